The fourth-order valence-corrected chi connectivity index (χ4v) is 1.83. The van der Waals surface area contributed by atoms with Crippen LogP contribution in [0.2, 0.25) is 0 Å². The highest BCUT2D eigenvalue weighted by atomic mass is 16.4. The average Bonchev–Trinajstić information content (AvgIpc) is 2.36. The van der Waals surface area contributed by atoms with Crippen molar-refractivity contribution in [3.8, 4) is 0 Å². The van der Waals surface area contributed by atoms with Crippen molar-refractivity contribution in [3.05, 3.63) is 36.0 Å². The van der Waals surface area contributed by atoms with E-state index >= 15 is 0 Å². The maximum Gasteiger partial charge on any atom is 0.0442 e. The molecule has 0 saturated carbocycles. The lowest BCUT2D eigenvalue weighted by molar-refractivity contribution is -0.311. The van der Waals surface area contributed by atoms with Crippen molar-refractivity contribution in [2.24, 2.45) is 5.92 Å². The largest absolute Gasteiger partial charge is 0.550 e. The van der Waals surface area contributed by atoms with Gasteiger partial charge in [0.2, 0.25) is 0 Å². The first-order chi connectivity index (χ1) is 8.97. The minimum absolute atomic E-state index is 0.354. The number of aliphatic carboxylic acids is 1. The van der Waals surface area contributed by atoms with Crippen LogP contribution in [0.4, 0.5) is 0 Å². The summed E-state index contributed by atoms with van der Waals surface area (Å²) in [5.74, 6) is -1.30. The Balaban J connectivity index is 3.82. The predicted octanol–water partition coefficient (Wildman–Crippen LogP) is 3.79. The maximum atomic E-state index is 10.6. The average molecular weight is 263 g/mol. The second kappa shape index (κ2) is 10.6. The lowest BCUT2D eigenvalue weighted by atomic mass is 10.0. The van der Waals surface area contributed by atoms with Crippen LogP contribution in [0.3, 0.4) is 0 Å². The van der Waals surface area contributed by atoms with Gasteiger partial charge in [-0.25, -0.2) is 0 Å². The van der Waals surface area contributed by atoms with Crippen LogP contribution in [0.1, 0.15) is 59.3 Å². The molecule has 0 aliphatic carbocycles. The fraction of sp³-hybridized carbons (Fsp3) is 0.588. The summed E-state index contributed by atoms with van der Waals surface area (Å²) in [7, 11) is 0. The number of carbonyl (C=O) groups is 1. The third kappa shape index (κ3) is 10.3. The highest BCUT2D eigenvalue weighted by molar-refractivity contribution is 5.66. The summed E-state index contributed by atoms with van der Waals surface area (Å²) in [5.41, 5.74) is 2.76. The molecule has 0 aromatic rings. The van der Waals surface area contributed by atoms with Gasteiger partial charge in [-0.2, -0.15) is 0 Å². The molecule has 0 aromatic carbocycles. The van der Waals surface area contributed by atoms with Gasteiger partial charge in [0, 0.05) is 5.97 Å². The Bertz CT molecular complexity index is 337. The van der Waals surface area contributed by atoms with E-state index in [4.69, 9.17) is 0 Å². The van der Waals surface area contributed by atoms with Crippen LogP contribution in [-0.4, -0.2) is 5.97 Å². The Morgan fingerprint density at radius 3 is 2.32 bits per heavy atom. The van der Waals surface area contributed by atoms with E-state index in [1.54, 1.807) is 6.92 Å². The summed E-state index contributed by atoms with van der Waals surface area (Å²) in [4.78, 5) is 10.6. The molecule has 0 N–H and O–H groups in total. The number of carboxylic acid groups (broad SMARTS) is 1. The van der Waals surface area contributed by atoms with E-state index in [9.17, 15) is 9.90 Å². The molecular weight excluding hydrogens is 236 g/mol. The standard InChI is InChI=1S/C17H28O2/c1-5-6-9-14(2)10-7-11-15(3)12-8-13-16(4)17(18)19/h5,9,12,16H,1,6-8,10-11,13H2,2-4H3,(H,18,19)/p-1/b14-9+,15-12+. The lowest BCUT2D eigenvalue weighted by Gasteiger charge is -2.10. The molecule has 1 atom stereocenters. The monoisotopic (exact) mass is 263 g/mol. The van der Waals surface area contributed by atoms with Gasteiger partial charge in [0.15, 0.2) is 0 Å². The summed E-state index contributed by atoms with van der Waals surface area (Å²) in [6, 6.07) is 0. The number of carboxylic acids is 1. The molecule has 19 heavy (non-hydrogen) atoms. The zero-order chi connectivity index (χ0) is 14.7. The Kier molecular flexibility index (Phi) is 9.87. The third-order valence-corrected chi connectivity index (χ3v) is 3.27. The van der Waals surface area contributed by atoms with Crippen LogP contribution in [0, 0.1) is 5.92 Å². The van der Waals surface area contributed by atoms with E-state index in [1.165, 1.54) is 11.1 Å². The summed E-state index contributed by atoms with van der Waals surface area (Å²) in [5, 5.41) is 10.6. The molecule has 0 amide bonds. The molecule has 0 radical (unpaired) electrons. The number of rotatable bonds is 10. The fourth-order valence-electron chi connectivity index (χ4n) is 1.83. The van der Waals surface area contributed by atoms with Gasteiger partial charge in [0.1, 0.15) is 0 Å². The van der Waals surface area contributed by atoms with E-state index in [1.807, 2.05) is 6.08 Å². The maximum absolute atomic E-state index is 10.6. The molecule has 108 valence electrons. The van der Waals surface area contributed by atoms with Crippen LogP contribution < -0.4 is 5.11 Å². The van der Waals surface area contributed by atoms with E-state index < -0.39 is 5.97 Å². The van der Waals surface area contributed by atoms with Gasteiger partial charge >= 0.3 is 0 Å². The quantitative estimate of drug-likeness (QED) is 0.563. The first-order valence-electron chi connectivity index (χ1n) is 7.10. The molecule has 0 spiro atoms. The SMILES string of the molecule is C=CC/C=C(\C)CCC/C(C)=C/CCC(C)C(=O)[O-]. The zero-order valence-corrected chi connectivity index (χ0v) is 12.6. The molecule has 0 saturated heterocycles. The molecule has 0 fully saturated rings. The van der Waals surface area contributed by atoms with Crippen molar-refractivity contribution in [1.82, 2.24) is 0 Å². The van der Waals surface area contributed by atoms with Crippen molar-refractivity contribution in [1.29, 1.82) is 0 Å². The van der Waals surface area contributed by atoms with Gasteiger partial charge < -0.3 is 9.90 Å². The van der Waals surface area contributed by atoms with Gasteiger partial charge in [-0.1, -0.05) is 36.3 Å². The van der Waals surface area contributed by atoms with E-state index in [-0.39, 0.29) is 5.92 Å². The van der Waals surface area contributed by atoms with Crippen molar-refractivity contribution in [2.75, 3.05) is 0 Å². The molecule has 0 bridgehead atoms. The van der Waals surface area contributed by atoms with Crippen molar-refractivity contribution >= 4 is 5.97 Å². The lowest BCUT2D eigenvalue weighted by Crippen LogP contribution is -2.29. The number of allylic oxidation sites excluding steroid dienone is 5. The van der Waals surface area contributed by atoms with Crippen molar-refractivity contribution in [2.45, 2.75) is 59.3 Å². The third-order valence-electron chi connectivity index (χ3n) is 3.27. The van der Waals surface area contributed by atoms with Gasteiger partial charge in [-0.3, -0.25) is 0 Å². The number of hydrogen-bond donors (Lipinski definition) is 0. The zero-order valence-electron chi connectivity index (χ0n) is 12.6. The second-order valence-electron chi connectivity index (χ2n) is 5.28. The minimum Gasteiger partial charge on any atom is -0.550 e. The van der Waals surface area contributed by atoms with Crippen molar-refractivity contribution < 1.29 is 9.90 Å². The molecular formula is C17H27O2-. The normalized spacial score (nSPS) is 14.3. The van der Waals surface area contributed by atoms with E-state index in [0.717, 1.165) is 32.1 Å². The Hall–Kier alpha value is -1.31. The Morgan fingerprint density at radius 2 is 1.79 bits per heavy atom. The van der Waals surface area contributed by atoms with Crippen LogP contribution in [-0.2, 0) is 4.79 Å². The number of carbonyl (C=O) groups excluding carboxylic acids is 1. The molecule has 0 rings (SSSR count). The van der Waals surface area contributed by atoms with E-state index in [2.05, 4.69) is 32.6 Å². The smallest absolute Gasteiger partial charge is 0.0442 e. The predicted molar refractivity (Wildman–Crippen MR) is 79.6 cm³/mol. The van der Waals surface area contributed by atoms with Gasteiger partial charge in [-0.15, -0.1) is 6.58 Å². The Labute approximate surface area is 117 Å². The molecule has 2 nitrogen and oxygen atoms in total. The summed E-state index contributed by atoms with van der Waals surface area (Å²) >= 11 is 0. The van der Waals surface area contributed by atoms with E-state index in [0.29, 0.717) is 6.42 Å². The van der Waals surface area contributed by atoms with Gasteiger partial charge in [0.05, 0.1) is 0 Å². The topological polar surface area (TPSA) is 40.1 Å². The number of hydrogen-bond acceptors (Lipinski definition) is 2. The first-order valence-corrected chi connectivity index (χ1v) is 7.10. The summed E-state index contributed by atoms with van der Waals surface area (Å²) in [6.07, 6.45) is 12.1. The molecule has 1 unspecified atom stereocenters. The highest BCUT2D eigenvalue weighted by Crippen LogP contribution is 2.14. The first kappa shape index (κ1) is 17.7. The Morgan fingerprint density at radius 1 is 1.21 bits per heavy atom. The van der Waals surface area contributed by atoms with Crippen LogP contribution in [0.25, 0.3) is 0 Å². The second-order valence-corrected chi connectivity index (χ2v) is 5.28. The summed E-state index contributed by atoms with van der Waals surface area (Å²) in [6.45, 7) is 9.68. The van der Waals surface area contributed by atoms with Crippen LogP contribution in [0.15, 0.2) is 36.0 Å². The van der Waals surface area contributed by atoms with Crippen LogP contribution >= 0.6 is 0 Å². The molecule has 0 aliphatic heterocycles. The van der Waals surface area contributed by atoms with Gasteiger partial charge in [0.25, 0.3) is 0 Å². The summed E-state index contributed by atoms with van der Waals surface area (Å²) < 4.78 is 0. The highest BCUT2D eigenvalue weighted by Gasteiger charge is 2.00. The minimum atomic E-state index is -0.950. The van der Waals surface area contributed by atoms with Crippen molar-refractivity contribution in [3.63, 3.8) is 0 Å². The van der Waals surface area contributed by atoms with Crippen LogP contribution in [0.5, 0.6) is 0 Å². The molecule has 0 aliphatic rings. The molecule has 2 heteroatoms. The molecule has 0 heterocycles. The molecule has 0 aromatic heterocycles. The van der Waals surface area contributed by atoms with Gasteiger partial charge in [-0.05, 0) is 58.3 Å².